The maximum Gasteiger partial charge on any atom is 0.123 e. The number of hydrogen-bond acceptors (Lipinski definition) is 1. The summed E-state index contributed by atoms with van der Waals surface area (Å²) in [6, 6.07) is 8.29. The van der Waals surface area contributed by atoms with Gasteiger partial charge in [-0.3, -0.25) is 0 Å². The van der Waals surface area contributed by atoms with Crippen LogP contribution in [0.1, 0.15) is 17.5 Å². The quantitative estimate of drug-likeness (QED) is 0.506. The van der Waals surface area contributed by atoms with Crippen LogP contribution in [0.3, 0.4) is 0 Å². The molecule has 0 aromatic heterocycles. The molecule has 13 heavy (non-hydrogen) atoms. The molecular weight excluding hydrogens is 160 g/mol. The Labute approximate surface area is 79.1 Å². The highest BCUT2D eigenvalue weighted by Crippen LogP contribution is 2.07. The summed E-state index contributed by atoms with van der Waals surface area (Å²) >= 11 is 0. The first kappa shape index (κ1) is 9.72. The van der Waals surface area contributed by atoms with Gasteiger partial charge in [0, 0.05) is 6.42 Å². The van der Waals surface area contributed by atoms with Gasteiger partial charge in [0.25, 0.3) is 0 Å². The molecule has 0 aliphatic rings. The highest BCUT2D eigenvalue weighted by molar-refractivity contribution is 5.51. The highest BCUT2D eigenvalue weighted by Gasteiger charge is 1.92. The zero-order valence-electron chi connectivity index (χ0n) is 7.86. The summed E-state index contributed by atoms with van der Waals surface area (Å²) in [5, 5.41) is 0. The molecule has 0 aliphatic carbocycles. The summed E-state index contributed by atoms with van der Waals surface area (Å²) in [6.45, 7) is 2.10. The van der Waals surface area contributed by atoms with Crippen LogP contribution >= 0.6 is 0 Å². The topological polar surface area (TPSA) is 17.1 Å². The van der Waals surface area contributed by atoms with Gasteiger partial charge in [0.15, 0.2) is 0 Å². The van der Waals surface area contributed by atoms with Crippen molar-refractivity contribution in [1.82, 2.24) is 0 Å². The second kappa shape index (κ2) is 5.31. The van der Waals surface area contributed by atoms with Crippen LogP contribution in [0.2, 0.25) is 0 Å². The molecule has 0 saturated carbocycles. The van der Waals surface area contributed by atoms with Gasteiger partial charge in [0.1, 0.15) is 6.29 Å². The van der Waals surface area contributed by atoms with Gasteiger partial charge < -0.3 is 4.79 Å². The van der Waals surface area contributed by atoms with Crippen LogP contribution in [0.4, 0.5) is 0 Å². The molecule has 0 fully saturated rings. The summed E-state index contributed by atoms with van der Waals surface area (Å²) in [6.07, 6.45) is 6.29. The summed E-state index contributed by atoms with van der Waals surface area (Å²) in [5.41, 5.74) is 2.63. The molecule has 1 aromatic carbocycles. The Hall–Kier alpha value is -1.37. The van der Waals surface area contributed by atoms with E-state index in [1.165, 1.54) is 11.1 Å². The largest absolute Gasteiger partial charge is 0.303 e. The Kier molecular flexibility index (Phi) is 3.97. The van der Waals surface area contributed by atoms with Crippen molar-refractivity contribution in [3.63, 3.8) is 0 Å². The fourth-order valence-electron chi connectivity index (χ4n) is 1.20. The lowest BCUT2D eigenvalue weighted by Crippen LogP contribution is -1.85. The smallest absolute Gasteiger partial charge is 0.123 e. The van der Waals surface area contributed by atoms with Crippen molar-refractivity contribution in [3.8, 4) is 0 Å². The summed E-state index contributed by atoms with van der Waals surface area (Å²) in [4.78, 5) is 10.0. The average Bonchev–Trinajstić information content (AvgIpc) is 2.15. The zero-order valence-corrected chi connectivity index (χ0v) is 7.86. The lowest BCUT2D eigenvalue weighted by atomic mass is 10.1. The zero-order chi connectivity index (χ0) is 9.52. The third-order valence-electron chi connectivity index (χ3n) is 2.00. The number of carbonyl (C=O) groups excluding carboxylic acids is 1. The molecule has 0 N–H and O–H groups in total. The van der Waals surface area contributed by atoms with Crippen molar-refractivity contribution >= 4 is 6.29 Å². The van der Waals surface area contributed by atoms with Crippen molar-refractivity contribution in [2.24, 2.45) is 0 Å². The minimum atomic E-state index is 0.520. The highest BCUT2D eigenvalue weighted by atomic mass is 16.1. The SMILES string of the molecule is Cc1ccccc1C/C=C\CC=O. The van der Waals surface area contributed by atoms with E-state index in [1.807, 2.05) is 24.3 Å². The van der Waals surface area contributed by atoms with E-state index in [9.17, 15) is 4.79 Å². The molecule has 68 valence electrons. The van der Waals surface area contributed by atoms with Gasteiger partial charge in [0.05, 0.1) is 0 Å². The molecule has 0 unspecified atom stereocenters. The molecule has 0 heterocycles. The van der Waals surface area contributed by atoms with Gasteiger partial charge in [-0.2, -0.15) is 0 Å². The van der Waals surface area contributed by atoms with Crippen molar-refractivity contribution in [1.29, 1.82) is 0 Å². The third-order valence-corrected chi connectivity index (χ3v) is 2.00. The Bertz CT molecular complexity index is 300. The van der Waals surface area contributed by atoms with E-state index in [2.05, 4.69) is 19.1 Å². The van der Waals surface area contributed by atoms with Crippen LogP contribution in [0, 0.1) is 6.92 Å². The fourth-order valence-corrected chi connectivity index (χ4v) is 1.20. The molecule has 0 amide bonds. The van der Waals surface area contributed by atoms with Gasteiger partial charge in [-0.15, -0.1) is 0 Å². The van der Waals surface area contributed by atoms with Crippen molar-refractivity contribution < 1.29 is 4.79 Å². The number of carbonyl (C=O) groups is 1. The Morgan fingerprint density at radius 1 is 1.23 bits per heavy atom. The van der Waals surface area contributed by atoms with E-state index in [0.717, 1.165) is 12.7 Å². The number of allylic oxidation sites excluding steroid dienone is 2. The first-order valence-corrected chi connectivity index (χ1v) is 4.47. The average molecular weight is 174 g/mol. The normalized spacial score (nSPS) is 10.5. The molecule has 1 aromatic rings. The van der Waals surface area contributed by atoms with Gasteiger partial charge in [-0.25, -0.2) is 0 Å². The maximum absolute atomic E-state index is 10.0. The van der Waals surface area contributed by atoms with Gasteiger partial charge in [-0.1, -0.05) is 36.4 Å². The Balaban J connectivity index is 2.54. The molecule has 1 nitrogen and oxygen atoms in total. The Morgan fingerprint density at radius 2 is 2.00 bits per heavy atom. The molecule has 0 saturated heterocycles. The van der Waals surface area contributed by atoms with Gasteiger partial charge in [-0.05, 0) is 24.5 Å². The minimum absolute atomic E-state index is 0.520. The van der Waals surface area contributed by atoms with E-state index >= 15 is 0 Å². The predicted molar refractivity (Wildman–Crippen MR) is 54.7 cm³/mol. The molecule has 0 bridgehead atoms. The third kappa shape index (κ3) is 3.24. The first-order valence-electron chi connectivity index (χ1n) is 4.47. The summed E-state index contributed by atoms with van der Waals surface area (Å²) in [5.74, 6) is 0. The van der Waals surface area contributed by atoms with Gasteiger partial charge >= 0.3 is 0 Å². The van der Waals surface area contributed by atoms with Crippen LogP contribution in [0.15, 0.2) is 36.4 Å². The molecule has 0 spiro atoms. The Morgan fingerprint density at radius 3 is 2.69 bits per heavy atom. The molecular formula is C12H14O. The lowest BCUT2D eigenvalue weighted by Gasteiger charge is -2.00. The monoisotopic (exact) mass is 174 g/mol. The lowest BCUT2D eigenvalue weighted by molar-refractivity contribution is -0.107. The van der Waals surface area contributed by atoms with Crippen LogP contribution < -0.4 is 0 Å². The summed E-state index contributed by atoms with van der Waals surface area (Å²) < 4.78 is 0. The van der Waals surface area contributed by atoms with Crippen molar-refractivity contribution in [2.75, 3.05) is 0 Å². The van der Waals surface area contributed by atoms with Crippen LogP contribution in [-0.2, 0) is 11.2 Å². The van der Waals surface area contributed by atoms with Crippen LogP contribution in [0.5, 0.6) is 0 Å². The molecule has 1 heteroatoms. The van der Waals surface area contributed by atoms with E-state index in [1.54, 1.807) is 0 Å². The maximum atomic E-state index is 10.0. The van der Waals surface area contributed by atoms with E-state index < -0.39 is 0 Å². The molecule has 0 atom stereocenters. The number of hydrogen-bond donors (Lipinski definition) is 0. The van der Waals surface area contributed by atoms with Crippen LogP contribution in [0.25, 0.3) is 0 Å². The first-order chi connectivity index (χ1) is 6.34. The van der Waals surface area contributed by atoms with Crippen LogP contribution in [-0.4, -0.2) is 6.29 Å². The van der Waals surface area contributed by atoms with E-state index in [0.29, 0.717) is 6.42 Å². The number of rotatable bonds is 4. The fraction of sp³-hybridized carbons (Fsp3) is 0.250. The number of aldehydes is 1. The number of aryl methyl sites for hydroxylation is 1. The predicted octanol–water partition coefficient (Wildman–Crippen LogP) is 2.68. The standard InChI is InChI=1S/C12H14O/c1-11-7-4-5-9-12(11)8-3-2-6-10-13/h2-5,7,9-10H,6,8H2,1H3/b3-2-. The number of benzene rings is 1. The molecule has 0 aliphatic heterocycles. The second-order valence-corrected chi connectivity index (χ2v) is 3.00. The minimum Gasteiger partial charge on any atom is -0.303 e. The molecule has 0 radical (unpaired) electrons. The van der Waals surface area contributed by atoms with E-state index in [-0.39, 0.29) is 0 Å². The van der Waals surface area contributed by atoms with Crippen molar-refractivity contribution in [2.45, 2.75) is 19.8 Å². The van der Waals surface area contributed by atoms with Crippen molar-refractivity contribution in [3.05, 3.63) is 47.5 Å². The molecule has 1 rings (SSSR count). The van der Waals surface area contributed by atoms with Gasteiger partial charge in [0.2, 0.25) is 0 Å². The van der Waals surface area contributed by atoms with E-state index in [4.69, 9.17) is 0 Å². The summed E-state index contributed by atoms with van der Waals surface area (Å²) in [7, 11) is 0. The second-order valence-electron chi connectivity index (χ2n) is 3.00.